The molecule has 22 heavy (non-hydrogen) atoms. The molecule has 0 saturated carbocycles. The first kappa shape index (κ1) is 15.1. The molecule has 1 saturated heterocycles. The van der Waals surface area contributed by atoms with Crippen LogP contribution in [-0.4, -0.2) is 29.6 Å². The van der Waals surface area contributed by atoms with Crippen LogP contribution in [0, 0.1) is 0 Å². The van der Waals surface area contributed by atoms with E-state index in [2.05, 4.69) is 32.3 Å². The van der Waals surface area contributed by atoms with Gasteiger partial charge in [0.15, 0.2) is 0 Å². The van der Waals surface area contributed by atoms with E-state index in [1.54, 1.807) is 6.33 Å². The Morgan fingerprint density at radius 1 is 1.05 bits per heavy atom. The molecule has 0 spiro atoms. The molecule has 4 nitrogen and oxygen atoms in total. The number of hydrogen-bond acceptors (Lipinski definition) is 4. The summed E-state index contributed by atoms with van der Waals surface area (Å²) in [5, 5.41) is 4.15. The number of anilines is 2. The molecule has 0 unspecified atom stereocenters. The molecule has 3 rings (SSSR count). The third-order valence-electron chi connectivity index (χ3n) is 3.97. The quantitative estimate of drug-likeness (QED) is 0.911. The first-order valence-electron chi connectivity index (χ1n) is 7.86. The van der Waals surface area contributed by atoms with Crippen LogP contribution in [0.2, 0.25) is 5.02 Å². The molecule has 1 aromatic carbocycles. The van der Waals surface area contributed by atoms with E-state index in [1.165, 1.54) is 24.8 Å². The molecule has 0 bridgehead atoms. The zero-order valence-electron chi connectivity index (χ0n) is 12.6. The van der Waals surface area contributed by atoms with Gasteiger partial charge in [0.25, 0.3) is 0 Å². The smallest absolute Gasteiger partial charge is 0.134 e. The van der Waals surface area contributed by atoms with Crippen molar-refractivity contribution in [3.8, 4) is 0 Å². The second-order valence-corrected chi connectivity index (χ2v) is 6.05. The van der Waals surface area contributed by atoms with Crippen molar-refractivity contribution in [2.45, 2.75) is 25.7 Å². The molecule has 0 amide bonds. The first-order chi connectivity index (χ1) is 10.8. The van der Waals surface area contributed by atoms with Crippen molar-refractivity contribution in [2.75, 3.05) is 29.9 Å². The van der Waals surface area contributed by atoms with Crippen molar-refractivity contribution in [3.05, 3.63) is 47.2 Å². The highest BCUT2D eigenvalue weighted by Gasteiger charge is 2.12. The maximum absolute atomic E-state index is 5.90. The van der Waals surface area contributed by atoms with Gasteiger partial charge < -0.3 is 10.2 Å². The van der Waals surface area contributed by atoms with Gasteiger partial charge in [-0.2, -0.15) is 0 Å². The first-order valence-corrected chi connectivity index (χ1v) is 8.24. The Balaban J connectivity index is 1.55. The molecule has 2 aromatic rings. The Labute approximate surface area is 136 Å². The Bertz CT molecular complexity index is 594. The minimum atomic E-state index is 0.777. The number of piperidine rings is 1. The maximum Gasteiger partial charge on any atom is 0.134 e. The van der Waals surface area contributed by atoms with Crippen LogP contribution in [0.1, 0.15) is 24.8 Å². The Morgan fingerprint density at radius 3 is 2.59 bits per heavy atom. The Kier molecular flexibility index (Phi) is 5.11. The van der Waals surface area contributed by atoms with Crippen molar-refractivity contribution in [1.82, 2.24) is 9.97 Å². The van der Waals surface area contributed by atoms with Crippen LogP contribution in [0.25, 0.3) is 0 Å². The number of halogens is 1. The van der Waals surface area contributed by atoms with E-state index in [9.17, 15) is 0 Å². The summed E-state index contributed by atoms with van der Waals surface area (Å²) in [6.45, 7) is 3.04. The van der Waals surface area contributed by atoms with Gasteiger partial charge in [0.05, 0.1) is 0 Å². The molecule has 1 fully saturated rings. The van der Waals surface area contributed by atoms with Crippen molar-refractivity contribution in [1.29, 1.82) is 0 Å². The summed E-state index contributed by atoms with van der Waals surface area (Å²) in [4.78, 5) is 11.1. The van der Waals surface area contributed by atoms with Crippen LogP contribution in [0.5, 0.6) is 0 Å². The topological polar surface area (TPSA) is 41.0 Å². The van der Waals surface area contributed by atoms with Crippen molar-refractivity contribution in [3.63, 3.8) is 0 Å². The number of aromatic nitrogens is 2. The predicted octanol–water partition coefficient (Wildman–Crippen LogP) is 3.77. The summed E-state index contributed by atoms with van der Waals surface area (Å²) in [7, 11) is 0. The summed E-state index contributed by atoms with van der Waals surface area (Å²) in [6, 6.07) is 10.0. The van der Waals surface area contributed by atoms with Gasteiger partial charge in [-0.25, -0.2) is 9.97 Å². The van der Waals surface area contributed by atoms with Crippen LogP contribution in [0.4, 0.5) is 11.6 Å². The zero-order valence-corrected chi connectivity index (χ0v) is 13.4. The van der Waals surface area contributed by atoms with E-state index >= 15 is 0 Å². The Hall–Kier alpha value is -1.81. The largest absolute Gasteiger partial charge is 0.370 e. The third kappa shape index (κ3) is 4.10. The molecule has 1 aliphatic rings. The highest BCUT2D eigenvalue weighted by molar-refractivity contribution is 6.30. The average Bonchev–Trinajstić information content (AvgIpc) is 2.58. The van der Waals surface area contributed by atoms with Gasteiger partial charge in [-0.3, -0.25) is 0 Å². The van der Waals surface area contributed by atoms with Gasteiger partial charge in [-0.1, -0.05) is 23.7 Å². The van der Waals surface area contributed by atoms with Gasteiger partial charge in [0.1, 0.15) is 18.0 Å². The molecule has 1 aliphatic heterocycles. The summed E-state index contributed by atoms with van der Waals surface area (Å²) in [5.41, 5.74) is 1.27. The number of rotatable bonds is 5. The number of nitrogens with one attached hydrogen (secondary N) is 1. The summed E-state index contributed by atoms with van der Waals surface area (Å²) >= 11 is 5.90. The fourth-order valence-corrected chi connectivity index (χ4v) is 2.85. The second kappa shape index (κ2) is 7.45. The monoisotopic (exact) mass is 316 g/mol. The van der Waals surface area contributed by atoms with E-state index in [0.29, 0.717) is 0 Å². The summed E-state index contributed by atoms with van der Waals surface area (Å²) < 4.78 is 0. The molecule has 2 heterocycles. The standard InChI is InChI=1S/C17H21ClN4/c18-15-6-4-14(5-7-15)8-9-19-16-12-17(21-13-20-16)22-10-2-1-3-11-22/h4-7,12-13H,1-3,8-11H2,(H,19,20,21). The van der Waals surface area contributed by atoms with Crippen molar-refractivity contribution >= 4 is 23.2 Å². The fourth-order valence-electron chi connectivity index (χ4n) is 2.73. The second-order valence-electron chi connectivity index (χ2n) is 5.61. The maximum atomic E-state index is 5.90. The lowest BCUT2D eigenvalue weighted by Gasteiger charge is -2.27. The minimum absolute atomic E-state index is 0.777. The third-order valence-corrected chi connectivity index (χ3v) is 4.22. The molecule has 1 N–H and O–H groups in total. The number of nitrogens with zero attached hydrogens (tertiary/aromatic N) is 3. The van der Waals surface area contributed by atoms with Crippen LogP contribution in [0.15, 0.2) is 36.7 Å². The molecular weight excluding hydrogens is 296 g/mol. The van der Waals surface area contributed by atoms with E-state index in [4.69, 9.17) is 11.6 Å². The number of hydrogen-bond donors (Lipinski definition) is 1. The molecule has 1 aromatic heterocycles. The van der Waals surface area contributed by atoms with Crippen LogP contribution < -0.4 is 10.2 Å². The highest BCUT2D eigenvalue weighted by atomic mass is 35.5. The van der Waals surface area contributed by atoms with E-state index in [0.717, 1.165) is 42.7 Å². The fraction of sp³-hybridized carbons (Fsp3) is 0.412. The minimum Gasteiger partial charge on any atom is -0.370 e. The van der Waals surface area contributed by atoms with Gasteiger partial charge in [0.2, 0.25) is 0 Å². The molecule has 0 atom stereocenters. The summed E-state index contributed by atoms with van der Waals surface area (Å²) in [5.74, 6) is 1.92. The van der Waals surface area contributed by atoms with Gasteiger partial charge in [-0.05, 0) is 43.4 Å². The Morgan fingerprint density at radius 2 is 1.82 bits per heavy atom. The van der Waals surface area contributed by atoms with Crippen molar-refractivity contribution in [2.24, 2.45) is 0 Å². The predicted molar refractivity (Wildman–Crippen MR) is 91.7 cm³/mol. The highest BCUT2D eigenvalue weighted by Crippen LogP contribution is 2.19. The zero-order chi connectivity index (χ0) is 15.2. The van der Waals surface area contributed by atoms with E-state index in [1.807, 2.05) is 18.2 Å². The van der Waals surface area contributed by atoms with E-state index in [-0.39, 0.29) is 0 Å². The van der Waals surface area contributed by atoms with Gasteiger partial charge in [0, 0.05) is 30.7 Å². The van der Waals surface area contributed by atoms with Crippen LogP contribution in [-0.2, 0) is 6.42 Å². The normalized spacial score (nSPS) is 14.9. The van der Waals surface area contributed by atoms with Crippen LogP contribution in [0.3, 0.4) is 0 Å². The molecule has 0 aliphatic carbocycles. The van der Waals surface area contributed by atoms with Gasteiger partial charge >= 0.3 is 0 Å². The molecule has 116 valence electrons. The van der Waals surface area contributed by atoms with Crippen molar-refractivity contribution < 1.29 is 0 Å². The average molecular weight is 317 g/mol. The van der Waals surface area contributed by atoms with E-state index < -0.39 is 0 Å². The lowest BCUT2D eigenvalue weighted by molar-refractivity contribution is 0.573. The van der Waals surface area contributed by atoms with Crippen LogP contribution >= 0.6 is 11.6 Å². The SMILES string of the molecule is Clc1ccc(CCNc2cc(N3CCCCC3)ncn2)cc1. The number of benzene rings is 1. The molecule has 5 heteroatoms. The lowest BCUT2D eigenvalue weighted by Crippen LogP contribution is -2.30. The molecule has 0 radical (unpaired) electrons. The molecular formula is C17H21ClN4. The lowest BCUT2D eigenvalue weighted by atomic mass is 10.1. The van der Waals surface area contributed by atoms with Gasteiger partial charge in [-0.15, -0.1) is 0 Å². The summed E-state index contributed by atoms with van der Waals surface area (Å²) in [6.07, 6.45) is 6.43.